The highest BCUT2D eigenvalue weighted by molar-refractivity contribution is 7.89. The van der Waals surface area contributed by atoms with E-state index in [1.54, 1.807) is 23.7 Å². The van der Waals surface area contributed by atoms with E-state index in [0.717, 1.165) is 22.2 Å². The fraction of sp³-hybridized carbons (Fsp3) is 0.222. The molecule has 0 bridgehead atoms. The molecule has 26 heavy (non-hydrogen) atoms. The van der Waals surface area contributed by atoms with Crippen molar-refractivity contribution >= 4 is 27.0 Å². The number of imidazole rings is 1. The maximum absolute atomic E-state index is 12.2. The van der Waals surface area contributed by atoms with Crippen LogP contribution >= 0.6 is 0 Å². The van der Waals surface area contributed by atoms with Gasteiger partial charge in [0.05, 0.1) is 15.9 Å². The monoisotopic (exact) mass is 372 g/mol. The molecule has 0 aliphatic heterocycles. The molecular weight excluding hydrogens is 352 g/mol. The summed E-state index contributed by atoms with van der Waals surface area (Å²) in [7, 11) is -0.468. The van der Waals surface area contributed by atoms with Crippen LogP contribution in [-0.2, 0) is 17.1 Å². The van der Waals surface area contributed by atoms with Gasteiger partial charge in [0.25, 0.3) is 5.91 Å². The molecule has 3 N–H and O–H groups in total. The number of hydrogen-bond acceptors (Lipinski definition) is 4. The molecule has 0 saturated heterocycles. The summed E-state index contributed by atoms with van der Waals surface area (Å²) in [6, 6.07) is 8.60. The zero-order chi connectivity index (χ0) is 19.2. The number of nitrogens with two attached hydrogens (primary N) is 1. The first kappa shape index (κ1) is 18.1. The maximum Gasteiger partial charge on any atom is 0.284 e. The van der Waals surface area contributed by atoms with Gasteiger partial charge < -0.3 is 10.3 Å². The van der Waals surface area contributed by atoms with Gasteiger partial charge in [-0.2, -0.15) is 0 Å². The van der Waals surface area contributed by atoms with Crippen molar-refractivity contribution in [2.24, 2.45) is 12.8 Å². The van der Waals surface area contributed by atoms with Crippen LogP contribution in [0.4, 0.5) is 0 Å². The average molecular weight is 372 g/mol. The van der Waals surface area contributed by atoms with E-state index in [9.17, 15) is 13.2 Å². The van der Waals surface area contributed by atoms with Crippen molar-refractivity contribution in [2.75, 3.05) is 7.05 Å². The topological polar surface area (TPSA) is 107 Å². The molecule has 136 valence electrons. The SMILES string of the molecule is CNS(=O)(=O)c1cccc(-c2c(C)c(C)cc3c2nc(C(N)=O)n3C)c1. The Morgan fingerprint density at radius 3 is 2.54 bits per heavy atom. The van der Waals surface area contributed by atoms with Crippen LogP contribution in [0.25, 0.3) is 22.2 Å². The first-order valence-electron chi connectivity index (χ1n) is 7.97. The maximum atomic E-state index is 12.2. The third-order valence-corrected chi connectivity index (χ3v) is 6.03. The fourth-order valence-corrected chi connectivity index (χ4v) is 3.83. The molecule has 0 saturated carbocycles. The van der Waals surface area contributed by atoms with E-state index in [1.807, 2.05) is 26.0 Å². The average Bonchev–Trinajstić information content (AvgIpc) is 2.92. The van der Waals surface area contributed by atoms with E-state index >= 15 is 0 Å². The quantitative estimate of drug-likeness (QED) is 0.729. The highest BCUT2D eigenvalue weighted by atomic mass is 32.2. The van der Waals surface area contributed by atoms with Gasteiger partial charge in [0.15, 0.2) is 5.82 Å². The van der Waals surface area contributed by atoms with Crippen molar-refractivity contribution in [3.8, 4) is 11.1 Å². The number of nitrogens with zero attached hydrogens (tertiary/aromatic N) is 2. The Bertz CT molecular complexity index is 1150. The van der Waals surface area contributed by atoms with Gasteiger partial charge in [0.2, 0.25) is 10.0 Å². The Labute approximate surface area is 151 Å². The number of primary amides is 1. The first-order valence-corrected chi connectivity index (χ1v) is 9.46. The summed E-state index contributed by atoms with van der Waals surface area (Å²) in [6.45, 7) is 3.91. The highest BCUT2D eigenvalue weighted by Gasteiger charge is 2.20. The van der Waals surface area contributed by atoms with E-state index in [1.165, 1.54) is 13.1 Å². The number of carbonyl (C=O) groups excluding carboxylic acids is 1. The molecular formula is C18H20N4O3S. The smallest absolute Gasteiger partial charge is 0.284 e. The molecule has 8 heteroatoms. The molecule has 0 unspecified atom stereocenters. The van der Waals surface area contributed by atoms with Gasteiger partial charge >= 0.3 is 0 Å². The number of fused-ring (bicyclic) bond motifs is 1. The second-order valence-electron chi connectivity index (χ2n) is 6.16. The van der Waals surface area contributed by atoms with Gasteiger partial charge in [-0.05, 0) is 55.8 Å². The van der Waals surface area contributed by atoms with Crippen molar-refractivity contribution < 1.29 is 13.2 Å². The first-order chi connectivity index (χ1) is 12.2. The predicted octanol–water partition coefficient (Wildman–Crippen LogP) is 1.86. The molecule has 0 aliphatic rings. The van der Waals surface area contributed by atoms with Crippen molar-refractivity contribution in [3.05, 3.63) is 47.3 Å². The number of benzene rings is 2. The van der Waals surface area contributed by atoms with Crippen molar-refractivity contribution in [1.82, 2.24) is 14.3 Å². The van der Waals surface area contributed by atoms with Crippen LogP contribution in [-0.4, -0.2) is 30.9 Å². The second kappa shape index (κ2) is 6.22. The van der Waals surface area contributed by atoms with Crippen LogP contribution in [0.1, 0.15) is 21.7 Å². The predicted molar refractivity (Wildman–Crippen MR) is 100 cm³/mol. The number of aromatic nitrogens is 2. The summed E-state index contributed by atoms with van der Waals surface area (Å²) in [5.74, 6) is -0.457. The lowest BCUT2D eigenvalue weighted by atomic mass is 9.95. The van der Waals surface area contributed by atoms with Crippen LogP contribution in [0.2, 0.25) is 0 Å². The lowest BCUT2D eigenvalue weighted by molar-refractivity contribution is 0.0988. The molecule has 3 aromatic rings. The largest absolute Gasteiger partial charge is 0.363 e. The van der Waals surface area contributed by atoms with Crippen LogP contribution in [0.5, 0.6) is 0 Å². The lowest BCUT2D eigenvalue weighted by Crippen LogP contribution is -2.18. The van der Waals surface area contributed by atoms with E-state index < -0.39 is 15.9 Å². The van der Waals surface area contributed by atoms with Crippen LogP contribution in [0.3, 0.4) is 0 Å². The molecule has 0 aliphatic carbocycles. The fourth-order valence-electron chi connectivity index (χ4n) is 3.06. The van der Waals surface area contributed by atoms with Gasteiger partial charge in [-0.15, -0.1) is 0 Å². The third kappa shape index (κ3) is 2.77. The number of hydrogen-bond donors (Lipinski definition) is 2. The summed E-state index contributed by atoms with van der Waals surface area (Å²) < 4.78 is 28.3. The number of carbonyl (C=O) groups is 1. The Hall–Kier alpha value is -2.71. The van der Waals surface area contributed by atoms with Crippen LogP contribution in [0.15, 0.2) is 35.2 Å². The van der Waals surface area contributed by atoms with Crippen molar-refractivity contribution in [1.29, 1.82) is 0 Å². The second-order valence-corrected chi connectivity index (χ2v) is 8.04. The van der Waals surface area contributed by atoms with Gasteiger partial charge in [0.1, 0.15) is 0 Å². The molecule has 1 aromatic heterocycles. The molecule has 0 radical (unpaired) electrons. The van der Waals surface area contributed by atoms with Crippen molar-refractivity contribution in [3.63, 3.8) is 0 Å². The number of rotatable bonds is 4. The van der Waals surface area contributed by atoms with Crippen LogP contribution < -0.4 is 10.5 Å². The zero-order valence-electron chi connectivity index (χ0n) is 15.0. The Morgan fingerprint density at radius 1 is 1.23 bits per heavy atom. The van der Waals surface area contributed by atoms with Gasteiger partial charge in [-0.3, -0.25) is 4.79 Å². The minimum atomic E-state index is -3.57. The normalized spacial score (nSPS) is 11.8. The molecule has 1 heterocycles. The van der Waals surface area contributed by atoms with E-state index in [4.69, 9.17) is 5.73 Å². The lowest BCUT2D eigenvalue weighted by Gasteiger charge is -2.12. The molecule has 7 nitrogen and oxygen atoms in total. The van der Waals surface area contributed by atoms with E-state index in [0.29, 0.717) is 11.1 Å². The summed E-state index contributed by atoms with van der Waals surface area (Å²) in [5.41, 5.74) is 10.3. The summed E-state index contributed by atoms with van der Waals surface area (Å²) in [6.07, 6.45) is 0. The van der Waals surface area contributed by atoms with E-state index in [-0.39, 0.29) is 10.7 Å². The Kier molecular flexibility index (Phi) is 4.33. The summed E-state index contributed by atoms with van der Waals surface area (Å²) in [5, 5.41) is 0. The molecule has 0 atom stereocenters. The Morgan fingerprint density at radius 2 is 1.92 bits per heavy atom. The zero-order valence-corrected chi connectivity index (χ0v) is 15.8. The Balaban J connectivity index is 2.39. The number of nitrogens with one attached hydrogen (secondary N) is 1. The minimum Gasteiger partial charge on any atom is -0.363 e. The minimum absolute atomic E-state index is 0.158. The van der Waals surface area contributed by atoms with Gasteiger partial charge in [-0.1, -0.05) is 12.1 Å². The van der Waals surface area contributed by atoms with Gasteiger partial charge in [0, 0.05) is 12.6 Å². The summed E-state index contributed by atoms with van der Waals surface area (Å²) >= 11 is 0. The molecule has 0 spiro atoms. The molecule has 3 rings (SSSR count). The standard InChI is InChI=1S/C18H20N4O3S/c1-10-8-14-16(21-18(17(19)23)22(14)4)15(11(10)2)12-6-5-7-13(9-12)26(24,25)20-3/h5-9,20H,1-4H3,(H2,19,23). The highest BCUT2D eigenvalue weighted by Crippen LogP contribution is 2.34. The van der Waals surface area contributed by atoms with Gasteiger partial charge in [-0.25, -0.2) is 18.1 Å². The molecule has 0 fully saturated rings. The third-order valence-electron chi connectivity index (χ3n) is 4.62. The molecule has 1 amide bonds. The number of aryl methyl sites for hydroxylation is 2. The van der Waals surface area contributed by atoms with E-state index in [2.05, 4.69) is 9.71 Å². The number of sulfonamides is 1. The number of amides is 1. The van der Waals surface area contributed by atoms with Crippen LogP contribution in [0, 0.1) is 13.8 Å². The van der Waals surface area contributed by atoms with Crippen molar-refractivity contribution in [2.45, 2.75) is 18.7 Å². The molecule has 2 aromatic carbocycles. The summed E-state index contributed by atoms with van der Waals surface area (Å²) in [4.78, 5) is 16.3.